The zero-order chi connectivity index (χ0) is 11.9. The van der Waals surface area contributed by atoms with Crippen LogP contribution in [0.2, 0.25) is 0 Å². The predicted octanol–water partition coefficient (Wildman–Crippen LogP) is 0.0297. The van der Waals surface area contributed by atoms with Crippen molar-refractivity contribution < 1.29 is 14.8 Å². The molecule has 15 heavy (non-hydrogen) atoms. The van der Waals surface area contributed by atoms with Gasteiger partial charge in [-0.1, -0.05) is 6.92 Å². The second kappa shape index (κ2) is 3.87. The minimum atomic E-state index is -1.07. The van der Waals surface area contributed by atoms with E-state index in [1.807, 2.05) is 6.92 Å². The lowest BCUT2D eigenvalue weighted by Crippen LogP contribution is -3.21. The van der Waals surface area contributed by atoms with Crippen LogP contribution in [0.15, 0.2) is 0 Å². The molecule has 1 aliphatic heterocycles. The smallest absolute Gasteiger partial charge is 0.162 e. The molecule has 3 heteroatoms. The molecule has 0 bridgehead atoms. The molecular formula is C12H24NO2+. The van der Waals surface area contributed by atoms with E-state index in [-0.39, 0.29) is 17.2 Å². The van der Waals surface area contributed by atoms with Crippen molar-refractivity contribution in [3.63, 3.8) is 0 Å². The molecule has 1 fully saturated rings. The Hall–Kier alpha value is -0.410. The molecule has 0 spiro atoms. The molecule has 1 heterocycles. The second-order valence-corrected chi connectivity index (χ2v) is 5.94. The summed E-state index contributed by atoms with van der Waals surface area (Å²) in [6.45, 7) is 11.8. The van der Waals surface area contributed by atoms with Gasteiger partial charge >= 0.3 is 0 Å². The highest BCUT2D eigenvalue weighted by molar-refractivity contribution is 5.85. The molecule has 1 aliphatic rings. The van der Waals surface area contributed by atoms with Gasteiger partial charge in [0.1, 0.15) is 5.60 Å². The summed E-state index contributed by atoms with van der Waals surface area (Å²) in [7, 11) is 0. The molecule has 0 saturated carbocycles. The highest BCUT2D eigenvalue weighted by Gasteiger charge is 2.46. The fourth-order valence-corrected chi connectivity index (χ4v) is 2.43. The van der Waals surface area contributed by atoms with Crippen molar-refractivity contribution in [1.29, 1.82) is 0 Å². The first-order chi connectivity index (χ1) is 6.68. The molecule has 0 aliphatic carbocycles. The number of nitrogens with one attached hydrogen (secondary N) is 1. The van der Waals surface area contributed by atoms with Gasteiger partial charge in [-0.25, -0.2) is 0 Å². The molecule has 3 atom stereocenters. The van der Waals surface area contributed by atoms with E-state index in [0.717, 1.165) is 13.1 Å². The van der Waals surface area contributed by atoms with Crippen LogP contribution in [0.1, 0.15) is 41.0 Å². The fourth-order valence-electron chi connectivity index (χ4n) is 2.43. The summed E-state index contributed by atoms with van der Waals surface area (Å²) in [6.07, 6.45) is 0.593. The molecule has 2 N–H and O–H groups in total. The van der Waals surface area contributed by atoms with Gasteiger partial charge in [0.15, 0.2) is 5.78 Å². The van der Waals surface area contributed by atoms with E-state index < -0.39 is 5.60 Å². The van der Waals surface area contributed by atoms with Gasteiger partial charge in [-0.05, 0) is 27.7 Å². The number of piperidine rings is 1. The SMILES string of the molecule is CC(=O)[C@@]1(O)CC[NH+](C(C)(C)C)C[C@@H]1C. The Morgan fingerprint density at radius 1 is 1.47 bits per heavy atom. The number of carbonyl (C=O) groups excluding carboxylic acids is 1. The summed E-state index contributed by atoms with van der Waals surface area (Å²) in [4.78, 5) is 12.9. The Labute approximate surface area is 92.5 Å². The zero-order valence-corrected chi connectivity index (χ0v) is 10.6. The Balaban J connectivity index is 2.75. The summed E-state index contributed by atoms with van der Waals surface area (Å²) < 4.78 is 0. The molecule has 1 saturated heterocycles. The van der Waals surface area contributed by atoms with Crippen LogP contribution in [0.4, 0.5) is 0 Å². The number of hydrogen-bond donors (Lipinski definition) is 2. The number of ketones is 1. The normalized spacial score (nSPS) is 37.7. The molecule has 0 amide bonds. The molecule has 0 aromatic carbocycles. The van der Waals surface area contributed by atoms with Gasteiger partial charge in [0, 0.05) is 12.3 Å². The summed E-state index contributed by atoms with van der Waals surface area (Å²) in [5.74, 6) is -0.0269. The summed E-state index contributed by atoms with van der Waals surface area (Å²) >= 11 is 0. The zero-order valence-electron chi connectivity index (χ0n) is 10.6. The predicted molar refractivity (Wildman–Crippen MR) is 59.9 cm³/mol. The van der Waals surface area contributed by atoms with Crippen molar-refractivity contribution in [3.05, 3.63) is 0 Å². The maximum Gasteiger partial charge on any atom is 0.162 e. The maximum absolute atomic E-state index is 11.4. The number of Topliss-reactive ketones (excluding diaryl/α,β-unsaturated/α-hetero) is 1. The molecule has 3 nitrogen and oxygen atoms in total. The third-order valence-corrected chi connectivity index (χ3v) is 3.85. The van der Waals surface area contributed by atoms with Crippen LogP contribution < -0.4 is 4.90 Å². The van der Waals surface area contributed by atoms with Crippen molar-refractivity contribution in [2.45, 2.75) is 52.2 Å². The first kappa shape index (κ1) is 12.7. The number of rotatable bonds is 1. The van der Waals surface area contributed by atoms with Gasteiger partial charge in [0.2, 0.25) is 0 Å². The van der Waals surface area contributed by atoms with E-state index in [9.17, 15) is 9.90 Å². The minimum absolute atomic E-state index is 0.0537. The lowest BCUT2D eigenvalue weighted by atomic mass is 9.78. The van der Waals surface area contributed by atoms with Crippen LogP contribution in [0, 0.1) is 5.92 Å². The Kier molecular flexibility index (Phi) is 3.27. The number of aliphatic hydroxyl groups is 1. The Morgan fingerprint density at radius 3 is 2.33 bits per heavy atom. The number of carbonyl (C=O) groups is 1. The first-order valence-corrected chi connectivity index (χ1v) is 5.76. The number of quaternary nitrogens is 1. The lowest BCUT2D eigenvalue weighted by molar-refractivity contribution is -0.956. The van der Waals surface area contributed by atoms with Gasteiger partial charge in [0.05, 0.1) is 18.6 Å². The molecule has 0 aromatic heterocycles. The topological polar surface area (TPSA) is 41.7 Å². The highest BCUT2D eigenvalue weighted by atomic mass is 16.3. The van der Waals surface area contributed by atoms with E-state index in [0.29, 0.717) is 6.42 Å². The monoisotopic (exact) mass is 214 g/mol. The molecule has 88 valence electrons. The van der Waals surface area contributed by atoms with Crippen LogP contribution in [0.25, 0.3) is 0 Å². The van der Waals surface area contributed by atoms with Crippen LogP contribution >= 0.6 is 0 Å². The standard InChI is InChI=1S/C12H23NO2/c1-9-8-13(11(3,4)5)7-6-12(9,15)10(2)14/h9,15H,6-8H2,1-5H3/p+1/t9-,12+/m0/s1. The first-order valence-electron chi connectivity index (χ1n) is 5.76. The van der Waals surface area contributed by atoms with Gasteiger partial charge in [-0.2, -0.15) is 0 Å². The van der Waals surface area contributed by atoms with Gasteiger partial charge in [-0.3, -0.25) is 4.79 Å². The van der Waals surface area contributed by atoms with E-state index in [1.165, 1.54) is 11.8 Å². The molecule has 1 rings (SSSR count). The van der Waals surface area contributed by atoms with Crippen molar-refractivity contribution >= 4 is 5.78 Å². The highest BCUT2D eigenvalue weighted by Crippen LogP contribution is 2.24. The van der Waals surface area contributed by atoms with E-state index in [4.69, 9.17) is 0 Å². The third-order valence-electron chi connectivity index (χ3n) is 3.85. The Bertz CT molecular complexity index is 257. The average molecular weight is 214 g/mol. The molecule has 0 aromatic rings. The van der Waals surface area contributed by atoms with Gasteiger partial charge < -0.3 is 10.0 Å². The minimum Gasteiger partial charge on any atom is -0.381 e. The molecule has 0 radical (unpaired) electrons. The summed E-state index contributed by atoms with van der Waals surface area (Å²) in [5.41, 5.74) is -0.874. The van der Waals surface area contributed by atoms with E-state index in [2.05, 4.69) is 20.8 Å². The van der Waals surface area contributed by atoms with Gasteiger partial charge in [0.25, 0.3) is 0 Å². The molecule has 1 unspecified atom stereocenters. The summed E-state index contributed by atoms with van der Waals surface area (Å²) in [5, 5.41) is 10.2. The van der Waals surface area contributed by atoms with Crippen molar-refractivity contribution in [2.24, 2.45) is 5.92 Å². The van der Waals surface area contributed by atoms with Crippen LogP contribution in [0.5, 0.6) is 0 Å². The van der Waals surface area contributed by atoms with E-state index in [1.54, 1.807) is 0 Å². The largest absolute Gasteiger partial charge is 0.381 e. The van der Waals surface area contributed by atoms with Crippen molar-refractivity contribution in [2.75, 3.05) is 13.1 Å². The van der Waals surface area contributed by atoms with Crippen LogP contribution in [-0.2, 0) is 4.79 Å². The quantitative estimate of drug-likeness (QED) is 0.646. The van der Waals surface area contributed by atoms with Crippen LogP contribution in [0.3, 0.4) is 0 Å². The Morgan fingerprint density at radius 2 is 2.00 bits per heavy atom. The summed E-state index contributed by atoms with van der Waals surface area (Å²) in [6, 6.07) is 0. The lowest BCUT2D eigenvalue weighted by Gasteiger charge is -2.44. The van der Waals surface area contributed by atoms with Crippen LogP contribution in [-0.4, -0.2) is 35.1 Å². The van der Waals surface area contributed by atoms with E-state index >= 15 is 0 Å². The van der Waals surface area contributed by atoms with Crippen molar-refractivity contribution in [3.8, 4) is 0 Å². The average Bonchev–Trinajstić information content (AvgIpc) is 2.07. The number of likely N-dealkylation sites (tertiary alicyclic amines) is 1. The third kappa shape index (κ3) is 2.40. The molecular weight excluding hydrogens is 190 g/mol. The second-order valence-electron chi connectivity index (χ2n) is 5.94. The fraction of sp³-hybridized carbons (Fsp3) is 0.917. The van der Waals surface area contributed by atoms with Gasteiger partial charge in [-0.15, -0.1) is 0 Å². The maximum atomic E-state index is 11.4. The van der Waals surface area contributed by atoms with Crippen molar-refractivity contribution in [1.82, 2.24) is 0 Å². The number of hydrogen-bond acceptors (Lipinski definition) is 2.